The van der Waals surface area contributed by atoms with Crippen molar-refractivity contribution >= 4 is 5.91 Å². The molecular weight excluding hydrogens is 346 g/mol. The molecule has 3 heteroatoms. The minimum absolute atomic E-state index is 0.270. The maximum Gasteiger partial charge on any atom is 0.227 e. The van der Waals surface area contributed by atoms with Crippen LogP contribution in [0.25, 0.3) is 0 Å². The summed E-state index contributed by atoms with van der Waals surface area (Å²) in [5.74, 6) is 1.84. The number of rotatable bonds is 3. The highest BCUT2D eigenvalue weighted by molar-refractivity contribution is 5.79. The van der Waals surface area contributed by atoms with E-state index in [1.165, 1.54) is 31.2 Å². The van der Waals surface area contributed by atoms with Crippen LogP contribution in [0.1, 0.15) is 48.8 Å². The van der Waals surface area contributed by atoms with Gasteiger partial charge in [-0.1, -0.05) is 49.2 Å². The van der Waals surface area contributed by atoms with Crippen LogP contribution in [-0.4, -0.2) is 30.5 Å². The van der Waals surface area contributed by atoms with Crippen LogP contribution in [0, 0.1) is 5.92 Å². The molecule has 0 radical (unpaired) electrons. The quantitative estimate of drug-likeness (QED) is 0.789. The fourth-order valence-electron chi connectivity index (χ4n) is 6.32. The smallest absolute Gasteiger partial charge is 0.227 e. The zero-order valence-corrected chi connectivity index (χ0v) is 16.7. The third kappa shape index (κ3) is 2.75. The molecule has 0 N–H and O–H groups in total. The number of carbonyl (C=O) groups is 1. The molecule has 1 amide bonds. The van der Waals surface area contributed by atoms with Gasteiger partial charge in [-0.3, -0.25) is 4.79 Å². The molecule has 0 aromatic heterocycles. The van der Waals surface area contributed by atoms with Crippen LogP contribution < -0.4 is 4.74 Å². The summed E-state index contributed by atoms with van der Waals surface area (Å²) in [4.78, 5) is 15.5. The summed E-state index contributed by atoms with van der Waals surface area (Å²) in [5.41, 5.74) is 4.33. The maximum absolute atomic E-state index is 13.3. The van der Waals surface area contributed by atoms with Crippen LogP contribution in [0.3, 0.4) is 0 Å². The number of piperidine rings is 1. The standard InChI is InChI=1S/C25H29NO2/c1-28-20-10-11-21-19(16-20)17-23-22-9-5-6-12-25(21,22)13-14-26(23)24(27)15-18-7-3-2-4-8-18/h2-4,7-8,10-11,16,22-23H,5-6,9,12-15,17H2,1H3/t22-,23+,25-/m0/s1. The lowest BCUT2D eigenvalue weighted by Gasteiger charge is -2.59. The van der Waals surface area contributed by atoms with E-state index in [1.54, 1.807) is 12.7 Å². The molecular formula is C25H29NO2. The second kappa shape index (κ2) is 6.95. The van der Waals surface area contributed by atoms with Crippen molar-refractivity contribution < 1.29 is 9.53 Å². The molecule has 3 atom stereocenters. The molecule has 2 bridgehead atoms. The highest BCUT2D eigenvalue weighted by atomic mass is 16.5. The first-order valence-corrected chi connectivity index (χ1v) is 10.7. The van der Waals surface area contributed by atoms with Crippen molar-refractivity contribution in [3.63, 3.8) is 0 Å². The Balaban J connectivity index is 1.49. The Bertz CT molecular complexity index is 877. The molecule has 3 aliphatic rings. The minimum Gasteiger partial charge on any atom is -0.497 e. The fraction of sp³-hybridized carbons (Fsp3) is 0.480. The van der Waals surface area contributed by atoms with E-state index >= 15 is 0 Å². The summed E-state index contributed by atoms with van der Waals surface area (Å²) in [7, 11) is 1.74. The Morgan fingerprint density at radius 1 is 1.14 bits per heavy atom. The topological polar surface area (TPSA) is 29.5 Å². The lowest BCUT2D eigenvalue weighted by molar-refractivity contribution is -0.139. The van der Waals surface area contributed by atoms with Gasteiger partial charge in [-0.05, 0) is 60.4 Å². The molecule has 146 valence electrons. The van der Waals surface area contributed by atoms with Crippen LogP contribution in [0.2, 0.25) is 0 Å². The average Bonchev–Trinajstić information content (AvgIpc) is 2.74. The molecule has 2 aromatic carbocycles. The fourth-order valence-corrected chi connectivity index (χ4v) is 6.32. The van der Waals surface area contributed by atoms with Crippen molar-refractivity contribution in [1.82, 2.24) is 4.90 Å². The summed E-state index contributed by atoms with van der Waals surface area (Å²) >= 11 is 0. The van der Waals surface area contributed by atoms with E-state index in [0.29, 0.717) is 24.3 Å². The van der Waals surface area contributed by atoms with E-state index in [0.717, 1.165) is 30.7 Å². The normalized spacial score (nSPS) is 28.2. The largest absolute Gasteiger partial charge is 0.497 e. The van der Waals surface area contributed by atoms with Crippen molar-refractivity contribution in [1.29, 1.82) is 0 Å². The zero-order chi connectivity index (χ0) is 19.1. The van der Waals surface area contributed by atoms with Crippen LogP contribution >= 0.6 is 0 Å². The summed E-state index contributed by atoms with van der Waals surface area (Å²) in [6.07, 6.45) is 7.73. The summed E-state index contributed by atoms with van der Waals surface area (Å²) in [5, 5.41) is 0. The zero-order valence-electron chi connectivity index (χ0n) is 16.7. The molecule has 1 heterocycles. The van der Waals surface area contributed by atoms with E-state index in [2.05, 4.69) is 35.2 Å². The molecule has 0 spiro atoms. The van der Waals surface area contributed by atoms with Crippen LogP contribution in [-0.2, 0) is 23.1 Å². The number of hydrogen-bond acceptors (Lipinski definition) is 2. The van der Waals surface area contributed by atoms with Gasteiger partial charge in [-0.25, -0.2) is 0 Å². The van der Waals surface area contributed by atoms with Crippen molar-refractivity contribution in [2.75, 3.05) is 13.7 Å². The van der Waals surface area contributed by atoms with Crippen molar-refractivity contribution in [2.45, 2.75) is 56.4 Å². The highest BCUT2D eigenvalue weighted by Gasteiger charge is 2.54. The Labute approximate surface area is 167 Å². The molecule has 2 aromatic rings. The predicted molar refractivity (Wildman–Crippen MR) is 111 cm³/mol. The third-order valence-electron chi connectivity index (χ3n) is 7.56. The van der Waals surface area contributed by atoms with Gasteiger partial charge in [0.05, 0.1) is 13.5 Å². The second-order valence-electron chi connectivity index (χ2n) is 8.80. The Morgan fingerprint density at radius 3 is 2.82 bits per heavy atom. The monoisotopic (exact) mass is 375 g/mol. The first-order valence-electron chi connectivity index (χ1n) is 10.7. The van der Waals surface area contributed by atoms with Crippen molar-refractivity contribution in [3.05, 3.63) is 65.2 Å². The molecule has 1 aliphatic heterocycles. The molecule has 0 unspecified atom stereocenters. The number of methoxy groups -OCH3 is 1. The van der Waals surface area contributed by atoms with Gasteiger partial charge in [-0.15, -0.1) is 0 Å². The van der Waals surface area contributed by atoms with E-state index in [4.69, 9.17) is 4.74 Å². The van der Waals surface area contributed by atoms with Gasteiger partial charge >= 0.3 is 0 Å². The number of nitrogens with zero attached hydrogens (tertiary/aromatic N) is 1. The average molecular weight is 376 g/mol. The van der Waals surface area contributed by atoms with Crippen LogP contribution in [0.5, 0.6) is 5.75 Å². The Morgan fingerprint density at radius 2 is 2.00 bits per heavy atom. The lowest BCUT2D eigenvalue weighted by Crippen LogP contribution is -2.62. The van der Waals surface area contributed by atoms with E-state index in [9.17, 15) is 4.79 Å². The van der Waals surface area contributed by atoms with Gasteiger partial charge in [0.25, 0.3) is 0 Å². The maximum atomic E-state index is 13.3. The van der Waals surface area contributed by atoms with Gasteiger partial charge in [-0.2, -0.15) is 0 Å². The summed E-state index contributed by atoms with van der Waals surface area (Å²) in [6, 6.07) is 17.2. The number of carbonyl (C=O) groups excluding carboxylic acids is 1. The van der Waals surface area contributed by atoms with E-state index < -0.39 is 0 Å². The SMILES string of the molecule is COc1ccc2c(c1)C[C@@H]1[C@@H]3CCCC[C@]23CCN1C(=O)Cc1ccccc1. The predicted octanol–water partition coefficient (Wildman–Crippen LogP) is 4.52. The first-order chi connectivity index (χ1) is 13.7. The molecule has 1 saturated carbocycles. The van der Waals surface area contributed by atoms with Gasteiger partial charge < -0.3 is 9.64 Å². The van der Waals surface area contributed by atoms with Crippen LogP contribution in [0.15, 0.2) is 48.5 Å². The lowest BCUT2D eigenvalue weighted by atomic mass is 9.52. The number of amides is 1. The van der Waals surface area contributed by atoms with E-state index in [1.807, 2.05) is 18.2 Å². The Hall–Kier alpha value is -2.29. The molecule has 5 rings (SSSR count). The second-order valence-corrected chi connectivity index (χ2v) is 8.80. The van der Waals surface area contributed by atoms with Crippen molar-refractivity contribution in [2.24, 2.45) is 5.92 Å². The highest BCUT2D eigenvalue weighted by Crippen LogP contribution is 2.56. The third-order valence-corrected chi connectivity index (χ3v) is 7.56. The number of likely N-dealkylation sites (tertiary alicyclic amines) is 1. The Kier molecular flexibility index (Phi) is 4.41. The molecule has 2 fully saturated rings. The minimum atomic E-state index is 0.270. The molecule has 2 aliphatic carbocycles. The van der Waals surface area contributed by atoms with E-state index in [-0.39, 0.29) is 5.41 Å². The number of fused-ring (bicyclic) bond motifs is 1. The molecule has 3 nitrogen and oxygen atoms in total. The first kappa shape index (κ1) is 17.8. The van der Waals surface area contributed by atoms with Gasteiger partial charge in [0.1, 0.15) is 5.75 Å². The van der Waals surface area contributed by atoms with Gasteiger partial charge in [0, 0.05) is 18.0 Å². The van der Waals surface area contributed by atoms with Crippen molar-refractivity contribution in [3.8, 4) is 5.75 Å². The molecule has 1 saturated heterocycles. The van der Waals surface area contributed by atoms with Gasteiger partial charge in [0.15, 0.2) is 0 Å². The van der Waals surface area contributed by atoms with Gasteiger partial charge in [0.2, 0.25) is 5.91 Å². The number of hydrogen-bond donors (Lipinski definition) is 0. The van der Waals surface area contributed by atoms with Crippen LogP contribution in [0.4, 0.5) is 0 Å². The molecule has 28 heavy (non-hydrogen) atoms. The summed E-state index contributed by atoms with van der Waals surface area (Å²) in [6.45, 7) is 0.901. The summed E-state index contributed by atoms with van der Waals surface area (Å²) < 4.78 is 5.51. The number of ether oxygens (including phenoxy) is 1. The number of benzene rings is 2.